The Morgan fingerprint density at radius 3 is 2.89 bits per heavy atom. The molecule has 96 valence electrons. The molecule has 18 heavy (non-hydrogen) atoms. The normalized spacial score (nSPS) is 18.1. The Morgan fingerprint density at radius 1 is 1.56 bits per heavy atom. The third-order valence-corrected chi connectivity index (χ3v) is 2.75. The number of alkyl carbamates (subject to hydrolysis) is 1. The van der Waals surface area contributed by atoms with Crippen molar-refractivity contribution < 1.29 is 19.1 Å². The quantitative estimate of drug-likeness (QED) is 0.825. The average Bonchev–Trinajstić information content (AvgIpc) is 2.73. The van der Waals surface area contributed by atoms with E-state index < -0.39 is 6.09 Å². The number of amides is 1. The van der Waals surface area contributed by atoms with Gasteiger partial charge in [0, 0.05) is 5.56 Å². The fourth-order valence-electron chi connectivity index (χ4n) is 1.74. The van der Waals surface area contributed by atoms with Crippen LogP contribution in [0.1, 0.15) is 22.8 Å². The molecule has 1 atom stereocenters. The van der Waals surface area contributed by atoms with Gasteiger partial charge in [-0.15, -0.1) is 0 Å². The zero-order valence-electron chi connectivity index (χ0n) is 10.4. The number of Topliss-reactive ketones (excluding diaryl/α,β-unsaturated/α-hetero) is 1. The molecule has 0 bridgehead atoms. The van der Waals surface area contributed by atoms with E-state index in [0.717, 1.165) is 5.56 Å². The van der Waals surface area contributed by atoms with Crippen LogP contribution in [-0.4, -0.2) is 31.1 Å². The summed E-state index contributed by atoms with van der Waals surface area (Å²) in [4.78, 5) is 22.0. The summed E-state index contributed by atoms with van der Waals surface area (Å²) in [6.07, 6.45) is -0.670. The number of hydrogen-bond donors (Lipinski definition) is 1. The van der Waals surface area contributed by atoms with Crippen molar-refractivity contribution >= 4 is 11.9 Å². The van der Waals surface area contributed by atoms with Crippen LogP contribution in [0.2, 0.25) is 0 Å². The largest absolute Gasteiger partial charge is 0.489 e. The van der Waals surface area contributed by atoms with Crippen molar-refractivity contribution in [1.29, 1.82) is 0 Å². The van der Waals surface area contributed by atoms with Crippen LogP contribution >= 0.6 is 0 Å². The average molecular weight is 249 g/mol. The first kappa shape index (κ1) is 12.4. The van der Waals surface area contributed by atoms with E-state index in [0.29, 0.717) is 24.5 Å². The molecule has 1 fully saturated rings. The van der Waals surface area contributed by atoms with E-state index >= 15 is 0 Å². The highest BCUT2D eigenvalue weighted by molar-refractivity contribution is 5.94. The van der Waals surface area contributed by atoms with Crippen LogP contribution in [0.3, 0.4) is 0 Å². The Hall–Kier alpha value is -2.04. The van der Waals surface area contributed by atoms with Crippen LogP contribution in [0.4, 0.5) is 4.79 Å². The molecule has 0 aliphatic carbocycles. The molecule has 5 nitrogen and oxygen atoms in total. The second-order valence-corrected chi connectivity index (χ2v) is 4.26. The van der Waals surface area contributed by atoms with Crippen LogP contribution in [0.15, 0.2) is 18.2 Å². The fraction of sp³-hybridized carbons (Fsp3) is 0.385. The molecule has 1 aromatic carbocycles. The summed E-state index contributed by atoms with van der Waals surface area (Å²) in [5, 5.41) is 2.56. The maximum absolute atomic E-state index is 11.2. The van der Waals surface area contributed by atoms with E-state index in [-0.39, 0.29) is 11.9 Å². The van der Waals surface area contributed by atoms with Crippen molar-refractivity contribution in [3.05, 3.63) is 29.3 Å². The van der Waals surface area contributed by atoms with Gasteiger partial charge in [-0.2, -0.15) is 0 Å². The van der Waals surface area contributed by atoms with Crippen molar-refractivity contribution in [1.82, 2.24) is 5.32 Å². The predicted molar refractivity (Wildman–Crippen MR) is 65.0 cm³/mol. The van der Waals surface area contributed by atoms with Gasteiger partial charge in [0.1, 0.15) is 12.4 Å². The standard InChI is InChI=1S/C13H15NO4/c1-8-5-10(9(2)15)3-4-12(8)17-7-11-6-14-13(16)18-11/h3-5,11H,6-7H2,1-2H3,(H,14,16). The molecule has 0 aromatic heterocycles. The van der Waals surface area contributed by atoms with Crippen LogP contribution in [0.5, 0.6) is 5.75 Å². The lowest BCUT2D eigenvalue weighted by Gasteiger charge is -2.12. The Bertz CT molecular complexity index is 484. The number of carbonyl (C=O) groups is 2. The summed E-state index contributed by atoms with van der Waals surface area (Å²) < 4.78 is 10.5. The number of cyclic esters (lactones) is 1. The lowest BCUT2D eigenvalue weighted by molar-refractivity contribution is 0.101. The zero-order chi connectivity index (χ0) is 13.1. The summed E-state index contributed by atoms with van der Waals surface area (Å²) in [5.41, 5.74) is 1.55. The van der Waals surface area contributed by atoms with Gasteiger partial charge in [0.05, 0.1) is 6.54 Å². The molecule has 1 unspecified atom stereocenters. The molecule has 1 amide bonds. The van der Waals surface area contributed by atoms with Crippen LogP contribution in [0.25, 0.3) is 0 Å². The van der Waals surface area contributed by atoms with Gasteiger partial charge in [0.15, 0.2) is 11.9 Å². The van der Waals surface area contributed by atoms with Gasteiger partial charge in [0.2, 0.25) is 0 Å². The molecule has 1 saturated heterocycles. The van der Waals surface area contributed by atoms with Crippen molar-refractivity contribution in [2.75, 3.05) is 13.2 Å². The number of ether oxygens (including phenoxy) is 2. The molecule has 0 radical (unpaired) electrons. The maximum atomic E-state index is 11.2. The van der Waals surface area contributed by atoms with Crippen molar-refractivity contribution in [2.45, 2.75) is 20.0 Å². The number of rotatable bonds is 4. The molecular weight excluding hydrogens is 234 g/mol. The number of hydrogen-bond acceptors (Lipinski definition) is 4. The third kappa shape index (κ3) is 2.80. The van der Waals surface area contributed by atoms with Gasteiger partial charge in [-0.3, -0.25) is 4.79 Å². The third-order valence-electron chi connectivity index (χ3n) is 2.75. The Morgan fingerprint density at radius 2 is 2.33 bits per heavy atom. The van der Waals surface area contributed by atoms with Gasteiger partial charge in [-0.25, -0.2) is 4.79 Å². The number of carbonyl (C=O) groups excluding carboxylic acids is 2. The topological polar surface area (TPSA) is 64.6 Å². The van der Waals surface area contributed by atoms with Gasteiger partial charge >= 0.3 is 6.09 Å². The smallest absolute Gasteiger partial charge is 0.407 e. The molecule has 1 aromatic rings. The van der Waals surface area contributed by atoms with Crippen molar-refractivity contribution in [3.63, 3.8) is 0 Å². The second-order valence-electron chi connectivity index (χ2n) is 4.26. The molecule has 0 spiro atoms. The van der Waals surface area contributed by atoms with Gasteiger partial charge in [-0.1, -0.05) is 0 Å². The minimum absolute atomic E-state index is 0.0265. The first-order chi connectivity index (χ1) is 8.56. The van der Waals surface area contributed by atoms with Crippen LogP contribution in [-0.2, 0) is 4.74 Å². The SMILES string of the molecule is CC(=O)c1ccc(OCC2CNC(=O)O2)c(C)c1. The lowest BCUT2D eigenvalue weighted by Crippen LogP contribution is -2.22. The number of ketones is 1. The van der Waals surface area contributed by atoms with Crippen molar-refractivity contribution in [3.8, 4) is 5.75 Å². The number of aryl methyl sites for hydroxylation is 1. The first-order valence-electron chi connectivity index (χ1n) is 5.75. The number of nitrogens with one attached hydrogen (secondary N) is 1. The monoisotopic (exact) mass is 249 g/mol. The van der Waals surface area contributed by atoms with E-state index in [4.69, 9.17) is 9.47 Å². The predicted octanol–water partition coefficient (Wildman–Crippen LogP) is 1.68. The summed E-state index contributed by atoms with van der Waals surface area (Å²) in [7, 11) is 0. The van der Waals surface area contributed by atoms with Crippen LogP contribution < -0.4 is 10.1 Å². The Kier molecular flexibility index (Phi) is 3.50. The highest BCUT2D eigenvalue weighted by Crippen LogP contribution is 2.20. The molecule has 5 heteroatoms. The van der Waals surface area contributed by atoms with Gasteiger partial charge in [-0.05, 0) is 37.6 Å². The molecule has 2 rings (SSSR count). The van der Waals surface area contributed by atoms with E-state index in [1.807, 2.05) is 6.92 Å². The van der Waals surface area contributed by atoms with Gasteiger partial charge < -0.3 is 14.8 Å². The van der Waals surface area contributed by atoms with Crippen LogP contribution in [0, 0.1) is 6.92 Å². The molecule has 1 heterocycles. The van der Waals surface area contributed by atoms with Gasteiger partial charge in [0.25, 0.3) is 0 Å². The molecular formula is C13H15NO4. The zero-order valence-corrected chi connectivity index (χ0v) is 10.4. The van der Waals surface area contributed by atoms with E-state index in [2.05, 4.69) is 5.32 Å². The Labute approximate surface area is 105 Å². The molecule has 1 N–H and O–H groups in total. The molecule has 1 aliphatic heterocycles. The minimum Gasteiger partial charge on any atom is -0.489 e. The number of benzene rings is 1. The van der Waals surface area contributed by atoms with Crippen molar-refractivity contribution in [2.24, 2.45) is 0 Å². The lowest BCUT2D eigenvalue weighted by atomic mass is 10.1. The Balaban J connectivity index is 1.97. The molecule has 0 saturated carbocycles. The minimum atomic E-state index is -0.410. The first-order valence-corrected chi connectivity index (χ1v) is 5.75. The highest BCUT2D eigenvalue weighted by Gasteiger charge is 2.23. The molecule has 1 aliphatic rings. The second kappa shape index (κ2) is 5.08. The summed E-state index contributed by atoms with van der Waals surface area (Å²) in [6, 6.07) is 5.27. The summed E-state index contributed by atoms with van der Waals surface area (Å²) >= 11 is 0. The van der Waals surface area contributed by atoms with E-state index in [1.165, 1.54) is 6.92 Å². The highest BCUT2D eigenvalue weighted by atomic mass is 16.6. The maximum Gasteiger partial charge on any atom is 0.407 e. The summed E-state index contributed by atoms with van der Waals surface area (Å²) in [5.74, 6) is 0.724. The van der Waals surface area contributed by atoms with E-state index in [9.17, 15) is 9.59 Å². The fourth-order valence-corrected chi connectivity index (χ4v) is 1.74. The summed E-state index contributed by atoms with van der Waals surface area (Å²) in [6.45, 7) is 4.17. The van der Waals surface area contributed by atoms with E-state index in [1.54, 1.807) is 18.2 Å².